The molecule has 0 unspecified atom stereocenters. The van der Waals surface area contributed by atoms with Crippen molar-refractivity contribution in [1.29, 1.82) is 15.8 Å². The topological polar surface area (TPSA) is 84.5 Å². The Morgan fingerprint density at radius 2 is 0.882 bits per heavy atom. The van der Waals surface area contributed by atoms with Gasteiger partial charge in [0, 0.05) is 44.0 Å². The first-order valence-corrected chi connectivity index (χ1v) is 17.1. The third kappa shape index (κ3) is 3.89. The molecule has 51 heavy (non-hydrogen) atoms. The summed E-state index contributed by atoms with van der Waals surface area (Å²) < 4.78 is 4.50. The first kappa shape index (κ1) is 30.3. The third-order valence-electron chi connectivity index (χ3n) is 10.9. The molecule has 2 aromatic heterocycles. The molecule has 6 heteroatoms. The largest absolute Gasteiger partial charge is 0.353 e. The van der Waals surface area contributed by atoms with Gasteiger partial charge in [-0.1, -0.05) is 72.8 Å². The fourth-order valence-electron chi connectivity index (χ4n) is 9.17. The Morgan fingerprint density at radius 3 is 1.43 bits per heavy atom. The number of para-hydroxylation sites is 4. The van der Waals surface area contributed by atoms with E-state index in [1.165, 1.54) is 0 Å². The molecule has 0 N–H and O–H groups in total. The molecule has 0 saturated heterocycles. The Bertz CT molecular complexity index is 2890. The summed E-state index contributed by atoms with van der Waals surface area (Å²) in [6.07, 6.45) is 0. The molecule has 0 bridgehead atoms. The van der Waals surface area contributed by atoms with E-state index < -0.39 is 11.1 Å². The van der Waals surface area contributed by atoms with Crippen LogP contribution in [0.2, 0.25) is 0 Å². The van der Waals surface area contributed by atoms with Crippen molar-refractivity contribution in [2.45, 2.75) is 38.8 Å². The van der Waals surface area contributed by atoms with Crippen molar-refractivity contribution < 1.29 is 0 Å². The highest BCUT2D eigenvalue weighted by molar-refractivity contribution is 6.19. The van der Waals surface area contributed by atoms with Gasteiger partial charge in [0.2, 0.25) is 0 Å². The van der Waals surface area contributed by atoms with Crippen molar-refractivity contribution in [3.63, 3.8) is 0 Å². The number of fused-ring (bicyclic) bond motifs is 7. The molecule has 1 aliphatic rings. The highest BCUT2D eigenvalue weighted by Gasteiger charge is 2.53. The van der Waals surface area contributed by atoms with E-state index in [-0.39, 0.29) is 16.7 Å². The van der Waals surface area contributed by atoms with Gasteiger partial charge in [-0.05, 0) is 76.2 Å². The molecule has 0 fully saturated rings. The fourth-order valence-corrected chi connectivity index (χ4v) is 9.17. The smallest absolute Gasteiger partial charge is 0.103 e. The zero-order valence-electron chi connectivity index (χ0n) is 28.7. The quantitative estimate of drug-likeness (QED) is 0.189. The van der Waals surface area contributed by atoms with E-state index in [1.54, 1.807) is 0 Å². The second kappa shape index (κ2) is 10.6. The fraction of sp³-hybridized carbons (Fsp3) is 0.133. The van der Waals surface area contributed by atoms with Crippen LogP contribution >= 0.6 is 0 Å². The zero-order chi connectivity index (χ0) is 35.2. The number of benzene rings is 6. The molecule has 1 aliphatic heterocycles. The van der Waals surface area contributed by atoms with Gasteiger partial charge >= 0.3 is 0 Å². The molecular weight excluding hydrogens is 625 g/mol. The van der Waals surface area contributed by atoms with Gasteiger partial charge in [-0.2, -0.15) is 15.8 Å². The van der Waals surface area contributed by atoms with E-state index in [0.717, 1.165) is 66.1 Å². The lowest BCUT2D eigenvalue weighted by Gasteiger charge is -2.43. The van der Waals surface area contributed by atoms with Gasteiger partial charge in [0.15, 0.2) is 0 Å². The van der Waals surface area contributed by atoms with Gasteiger partial charge < -0.3 is 14.0 Å². The molecule has 8 aromatic rings. The summed E-state index contributed by atoms with van der Waals surface area (Å²) in [6.45, 7) is 8.54. The van der Waals surface area contributed by atoms with E-state index in [1.807, 2.05) is 36.4 Å². The first-order valence-electron chi connectivity index (χ1n) is 17.1. The van der Waals surface area contributed by atoms with Gasteiger partial charge in [-0.25, -0.2) is 0 Å². The van der Waals surface area contributed by atoms with Crippen LogP contribution < -0.4 is 4.90 Å². The predicted molar refractivity (Wildman–Crippen MR) is 204 cm³/mol. The second-order valence-corrected chi connectivity index (χ2v) is 14.3. The van der Waals surface area contributed by atoms with Crippen LogP contribution in [0.5, 0.6) is 0 Å². The molecule has 0 spiro atoms. The molecule has 0 aliphatic carbocycles. The molecule has 0 amide bonds. The Morgan fingerprint density at radius 1 is 0.431 bits per heavy atom. The van der Waals surface area contributed by atoms with Crippen LogP contribution in [0.25, 0.3) is 55.0 Å². The van der Waals surface area contributed by atoms with E-state index >= 15 is 0 Å². The Hall–Kier alpha value is -6.81. The van der Waals surface area contributed by atoms with Crippen LogP contribution in [0.4, 0.5) is 5.69 Å². The summed E-state index contributed by atoms with van der Waals surface area (Å²) in [7, 11) is 0. The van der Waals surface area contributed by atoms with Gasteiger partial charge in [-0.15, -0.1) is 0 Å². The molecule has 3 heterocycles. The summed E-state index contributed by atoms with van der Waals surface area (Å²) in [5.74, 6) is 0. The normalized spacial score (nSPS) is 14.5. The standard InChI is InChI=1S/C45H32N6/c1-44(2)41-35(26-47)34(25-46)36(27-48)43(42(41)45(3,4)51(44)29-17-9-6-10-18-29)50-38-22-14-12-20-31(38)33-23-39-32(24-40(33)50)30-19-11-13-21-37(30)49(39)28-15-7-5-8-16-28/h5-24H,1-4H3. The van der Waals surface area contributed by atoms with E-state index in [0.29, 0.717) is 5.69 Å². The maximum Gasteiger partial charge on any atom is 0.103 e. The molecule has 0 radical (unpaired) electrons. The van der Waals surface area contributed by atoms with Crippen molar-refractivity contribution >= 4 is 49.3 Å². The van der Waals surface area contributed by atoms with Gasteiger partial charge in [0.25, 0.3) is 0 Å². The van der Waals surface area contributed by atoms with E-state index in [2.05, 4.69) is 145 Å². The minimum absolute atomic E-state index is 0.111. The van der Waals surface area contributed by atoms with Crippen LogP contribution in [0, 0.1) is 34.0 Å². The molecule has 0 atom stereocenters. The Labute approximate surface area is 295 Å². The molecule has 0 saturated carbocycles. The first-order chi connectivity index (χ1) is 24.7. The average molecular weight is 657 g/mol. The number of hydrogen-bond donors (Lipinski definition) is 0. The molecule has 242 valence electrons. The van der Waals surface area contributed by atoms with Gasteiger partial charge in [0.05, 0.1) is 55.5 Å². The second-order valence-electron chi connectivity index (χ2n) is 14.3. The maximum absolute atomic E-state index is 11.0. The number of nitrogens with zero attached hydrogens (tertiary/aromatic N) is 6. The predicted octanol–water partition coefficient (Wildman–Crippen LogP) is 10.5. The van der Waals surface area contributed by atoms with E-state index in [9.17, 15) is 15.8 Å². The lowest BCUT2D eigenvalue weighted by molar-refractivity contribution is 0.402. The average Bonchev–Trinajstić information content (AvgIpc) is 3.70. The van der Waals surface area contributed by atoms with Crippen LogP contribution in [0.1, 0.15) is 55.5 Å². The van der Waals surface area contributed by atoms with Crippen LogP contribution in [0.15, 0.2) is 121 Å². The van der Waals surface area contributed by atoms with Crippen LogP contribution in [-0.4, -0.2) is 9.13 Å². The minimum atomic E-state index is -0.700. The Balaban J connectivity index is 1.50. The monoisotopic (exact) mass is 656 g/mol. The highest BCUT2D eigenvalue weighted by Crippen LogP contribution is 2.56. The van der Waals surface area contributed by atoms with Crippen molar-refractivity contribution in [2.75, 3.05) is 4.90 Å². The van der Waals surface area contributed by atoms with Crippen molar-refractivity contribution in [3.05, 3.63) is 149 Å². The number of rotatable bonds is 3. The molecule has 6 nitrogen and oxygen atoms in total. The summed E-state index contributed by atoms with van der Waals surface area (Å²) in [5, 5.41) is 36.7. The summed E-state index contributed by atoms with van der Waals surface area (Å²) in [4.78, 5) is 2.33. The SMILES string of the molecule is CC1(C)c2c(C#N)c(C#N)c(C#N)c(-n3c4ccccc4c4cc5c(cc43)c3ccccc3n5-c3ccccc3)c2C(C)(C)N1c1ccccc1. The van der Waals surface area contributed by atoms with Crippen LogP contribution in [0.3, 0.4) is 0 Å². The number of aromatic nitrogens is 2. The molecule has 6 aromatic carbocycles. The number of anilines is 1. The van der Waals surface area contributed by atoms with Crippen LogP contribution in [-0.2, 0) is 11.1 Å². The lowest BCUT2D eigenvalue weighted by atomic mass is 9.81. The van der Waals surface area contributed by atoms with E-state index in [4.69, 9.17) is 0 Å². The lowest BCUT2D eigenvalue weighted by Crippen LogP contribution is -2.45. The highest BCUT2D eigenvalue weighted by atomic mass is 15.3. The van der Waals surface area contributed by atoms with Gasteiger partial charge in [-0.3, -0.25) is 0 Å². The van der Waals surface area contributed by atoms with Crippen molar-refractivity contribution in [1.82, 2.24) is 9.13 Å². The molecule has 9 rings (SSSR count). The number of nitriles is 3. The van der Waals surface area contributed by atoms with Crippen molar-refractivity contribution in [3.8, 4) is 29.6 Å². The number of hydrogen-bond acceptors (Lipinski definition) is 4. The third-order valence-corrected chi connectivity index (χ3v) is 10.9. The summed E-state index contributed by atoms with van der Waals surface area (Å²) in [5.41, 5.74) is 7.60. The zero-order valence-corrected chi connectivity index (χ0v) is 28.7. The minimum Gasteiger partial charge on any atom is -0.353 e. The maximum atomic E-state index is 11.0. The van der Waals surface area contributed by atoms with Gasteiger partial charge in [0.1, 0.15) is 18.2 Å². The molecular formula is C45H32N6. The summed E-state index contributed by atoms with van der Waals surface area (Å²) in [6, 6.07) is 49.0. The summed E-state index contributed by atoms with van der Waals surface area (Å²) >= 11 is 0. The van der Waals surface area contributed by atoms with Crippen molar-refractivity contribution in [2.24, 2.45) is 0 Å². The Kier molecular flexibility index (Phi) is 6.29.